The molecule has 0 bridgehead atoms. The summed E-state index contributed by atoms with van der Waals surface area (Å²) >= 11 is 0. The summed E-state index contributed by atoms with van der Waals surface area (Å²) in [6, 6.07) is 7.83. The topological polar surface area (TPSA) is 58.6 Å². The van der Waals surface area contributed by atoms with Gasteiger partial charge in [0.15, 0.2) is 0 Å². The standard InChI is InChI=1S/C22H26N2O3/c25-21-14-18(15-24(21)19-8-3-1-2-4-9-19)23-22(26)17-11-12-27-20-10-6-5-7-16(20)13-17/h5-7,10-13,18-19H,1-4,8-9,14-15H2,(H,23,26). The van der Waals surface area contributed by atoms with Gasteiger partial charge in [-0.1, -0.05) is 43.9 Å². The molecule has 4 rings (SSSR count). The molecule has 0 aromatic heterocycles. The predicted octanol–water partition coefficient (Wildman–Crippen LogP) is 3.42. The van der Waals surface area contributed by atoms with Crippen molar-refractivity contribution in [3.63, 3.8) is 0 Å². The van der Waals surface area contributed by atoms with Gasteiger partial charge in [-0.2, -0.15) is 0 Å². The van der Waals surface area contributed by atoms with E-state index in [9.17, 15) is 9.59 Å². The van der Waals surface area contributed by atoms with Crippen LogP contribution in [0.4, 0.5) is 0 Å². The maximum atomic E-state index is 12.7. The molecule has 1 N–H and O–H groups in total. The predicted molar refractivity (Wildman–Crippen MR) is 104 cm³/mol. The molecule has 3 aliphatic rings. The van der Waals surface area contributed by atoms with E-state index in [2.05, 4.69) is 5.32 Å². The molecule has 5 nitrogen and oxygen atoms in total. The lowest BCUT2D eigenvalue weighted by molar-refractivity contribution is -0.129. The third kappa shape index (κ3) is 4.07. The molecule has 1 saturated carbocycles. The normalized spacial score (nSPS) is 23.1. The van der Waals surface area contributed by atoms with Crippen LogP contribution in [0.3, 0.4) is 0 Å². The summed E-state index contributed by atoms with van der Waals surface area (Å²) in [6.07, 6.45) is 12.5. The fraction of sp³-hybridized carbons (Fsp3) is 0.455. The number of fused-ring (bicyclic) bond motifs is 1. The number of nitrogens with one attached hydrogen (secondary N) is 1. The van der Waals surface area contributed by atoms with Gasteiger partial charge in [0, 0.05) is 30.1 Å². The molecule has 2 heterocycles. The van der Waals surface area contributed by atoms with Crippen LogP contribution in [-0.2, 0) is 9.59 Å². The van der Waals surface area contributed by atoms with Gasteiger partial charge in [-0.25, -0.2) is 0 Å². The Balaban J connectivity index is 1.41. The second kappa shape index (κ2) is 7.99. The van der Waals surface area contributed by atoms with Gasteiger partial charge < -0.3 is 15.0 Å². The van der Waals surface area contributed by atoms with Crippen LogP contribution < -0.4 is 10.1 Å². The quantitative estimate of drug-likeness (QED) is 0.834. The molecule has 2 aliphatic heterocycles. The molecular weight excluding hydrogens is 340 g/mol. The smallest absolute Gasteiger partial charge is 0.251 e. The van der Waals surface area contributed by atoms with E-state index in [1.54, 1.807) is 6.08 Å². The van der Waals surface area contributed by atoms with Crippen LogP contribution in [0, 0.1) is 0 Å². The largest absolute Gasteiger partial charge is 0.464 e. The van der Waals surface area contributed by atoms with E-state index in [-0.39, 0.29) is 17.9 Å². The summed E-state index contributed by atoms with van der Waals surface area (Å²) in [5.74, 6) is 0.741. The average Bonchev–Trinajstić information content (AvgIpc) is 2.89. The fourth-order valence-electron chi connectivity index (χ4n) is 4.26. The van der Waals surface area contributed by atoms with Gasteiger partial charge in [0.25, 0.3) is 5.91 Å². The molecule has 0 spiro atoms. The Labute approximate surface area is 160 Å². The molecule has 2 fully saturated rings. The number of hydrogen-bond acceptors (Lipinski definition) is 3. The highest BCUT2D eigenvalue weighted by molar-refractivity contribution is 6.01. The summed E-state index contributed by atoms with van der Waals surface area (Å²) in [7, 11) is 0. The lowest BCUT2D eigenvalue weighted by Gasteiger charge is -2.27. The molecule has 2 amide bonds. The maximum absolute atomic E-state index is 12.7. The zero-order valence-electron chi connectivity index (χ0n) is 15.5. The van der Waals surface area contributed by atoms with Crippen LogP contribution in [0.1, 0.15) is 50.5 Å². The van der Waals surface area contributed by atoms with E-state index < -0.39 is 0 Å². The number of benzene rings is 1. The Morgan fingerprint density at radius 3 is 2.70 bits per heavy atom. The number of likely N-dealkylation sites (tertiary alicyclic amines) is 1. The van der Waals surface area contributed by atoms with E-state index >= 15 is 0 Å². The summed E-state index contributed by atoms with van der Waals surface area (Å²) in [6.45, 7) is 0.624. The van der Waals surface area contributed by atoms with Gasteiger partial charge in [0.1, 0.15) is 5.75 Å². The molecule has 1 aromatic rings. The highest BCUT2D eigenvalue weighted by atomic mass is 16.5. The Kier molecular flexibility index (Phi) is 5.28. The first-order valence-electron chi connectivity index (χ1n) is 9.95. The number of ether oxygens (including phenoxy) is 1. The number of amides is 2. The molecular formula is C22H26N2O3. The zero-order valence-corrected chi connectivity index (χ0v) is 15.5. The maximum Gasteiger partial charge on any atom is 0.251 e. The van der Waals surface area contributed by atoms with Gasteiger partial charge >= 0.3 is 0 Å². The number of nitrogens with zero attached hydrogens (tertiary/aromatic N) is 1. The highest BCUT2D eigenvalue weighted by Crippen LogP contribution is 2.27. The Bertz CT molecular complexity index is 776. The van der Waals surface area contributed by atoms with Crippen LogP contribution >= 0.6 is 0 Å². The minimum atomic E-state index is -0.160. The first kappa shape index (κ1) is 17.8. The van der Waals surface area contributed by atoms with E-state index in [1.807, 2.05) is 35.2 Å². The Morgan fingerprint density at radius 1 is 1.11 bits per heavy atom. The van der Waals surface area contributed by atoms with E-state index in [1.165, 1.54) is 31.9 Å². The lowest BCUT2D eigenvalue weighted by atomic mass is 10.1. The van der Waals surface area contributed by atoms with E-state index in [0.29, 0.717) is 24.6 Å². The van der Waals surface area contributed by atoms with Crippen molar-refractivity contribution in [1.29, 1.82) is 0 Å². The zero-order chi connectivity index (χ0) is 18.6. The van der Waals surface area contributed by atoms with Crippen molar-refractivity contribution in [3.05, 3.63) is 47.7 Å². The van der Waals surface area contributed by atoms with Crippen molar-refractivity contribution in [2.45, 2.75) is 57.0 Å². The number of carbonyl (C=O) groups excluding carboxylic acids is 2. The third-order valence-corrected chi connectivity index (χ3v) is 5.69. The van der Waals surface area contributed by atoms with E-state index in [4.69, 9.17) is 4.74 Å². The molecule has 142 valence electrons. The monoisotopic (exact) mass is 366 g/mol. The van der Waals surface area contributed by atoms with Crippen molar-refractivity contribution in [1.82, 2.24) is 10.2 Å². The fourth-order valence-corrected chi connectivity index (χ4v) is 4.26. The average molecular weight is 366 g/mol. The molecule has 1 unspecified atom stereocenters. The summed E-state index contributed by atoms with van der Waals surface area (Å²) in [5, 5.41) is 3.05. The van der Waals surface area contributed by atoms with Crippen LogP contribution in [-0.4, -0.2) is 35.3 Å². The van der Waals surface area contributed by atoms with Crippen LogP contribution in [0.25, 0.3) is 6.08 Å². The second-order valence-electron chi connectivity index (χ2n) is 7.62. The molecule has 0 radical (unpaired) electrons. The summed E-state index contributed by atoms with van der Waals surface area (Å²) in [4.78, 5) is 27.2. The summed E-state index contributed by atoms with van der Waals surface area (Å²) in [5.41, 5.74) is 1.41. The number of para-hydroxylation sites is 1. The molecule has 1 aromatic carbocycles. The van der Waals surface area contributed by atoms with Crippen LogP contribution in [0.15, 0.2) is 42.2 Å². The second-order valence-corrected chi connectivity index (χ2v) is 7.62. The Hall–Kier alpha value is -2.56. The highest BCUT2D eigenvalue weighted by Gasteiger charge is 2.35. The SMILES string of the molecule is O=C(NC1CC(=O)N(C2CCCCCC2)C1)C1=Cc2ccccc2OC=C1. The minimum absolute atomic E-state index is 0.123. The van der Waals surface area contributed by atoms with Crippen molar-refractivity contribution >= 4 is 17.9 Å². The van der Waals surface area contributed by atoms with E-state index in [0.717, 1.165) is 24.2 Å². The molecule has 27 heavy (non-hydrogen) atoms. The van der Waals surface area contributed by atoms with Crippen molar-refractivity contribution in [2.24, 2.45) is 0 Å². The molecule has 5 heteroatoms. The molecule has 1 aliphatic carbocycles. The van der Waals surface area contributed by atoms with Gasteiger partial charge in [-0.05, 0) is 31.1 Å². The number of rotatable bonds is 3. The van der Waals surface area contributed by atoms with Gasteiger partial charge in [0.2, 0.25) is 5.91 Å². The molecule has 1 saturated heterocycles. The molecule has 1 atom stereocenters. The van der Waals surface area contributed by atoms with Crippen molar-refractivity contribution < 1.29 is 14.3 Å². The van der Waals surface area contributed by atoms with Crippen LogP contribution in [0.5, 0.6) is 5.75 Å². The first-order valence-corrected chi connectivity index (χ1v) is 9.95. The third-order valence-electron chi connectivity index (χ3n) is 5.69. The first-order chi connectivity index (χ1) is 13.2. The van der Waals surface area contributed by atoms with Crippen molar-refractivity contribution in [2.75, 3.05) is 6.54 Å². The number of hydrogen-bond donors (Lipinski definition) is 1. The lowest BCUT2D eigenvalue weighted by Crippen LogP contribution is -2.40. The number of carbonyl (C=O) groups is 2. The van der Waals surface area contributed by atoms with Crippen molar-refractivity contribution in [3.8, 4) is 5.75 Å². The van der Waals surface area contributed by atoms with Gasteiger partial charge in [0.05, 0.1) is 12.3 Å². The summed E-state index contributed by atoms with van der Waals surface area (Å²) < 4.78 is 5.55. The van der Waals surface area contributed by atoms with Crippen LogP contribution in [0.2, 0.25) is 0 Å². The Morgan fingerprint density at radius 2 is 1.89 bits per heavy atom. The minimum Gasteiger partial charge on any atom is -0.464 e. The van der Waals surface area contributed by atoms with Gasteiger partial charge in [-0.3, -0.25) is 9.59 Å². The van der Waals surface area contributed by atoms with Gasteiger partial charge in [-0.15, -0.1) is 0 Å².